The van der Waals surface area contributed by atoms with E-state index in [-0.39, 0.29) is 11.9 Å². The molecule has 130 valence electrons. The van der Waals surface area contributed by atoms with Gasteiger partial charge >= 0.3 is 0 Å². The lowest BCUT2D eigenvalue weighted by atomic mass is 10.0. The summed E-state index contributed by atoms with van der Waals surface area (Å²) in [4.78, 5) is 17.3. The number of benzene rings is 1. The fourth-order valence-corrected chi connectivity index (χ4v) is 3.57. The van der Waals surface area contributed by atoms with E-state index in [0.717, 1.165) is 45.6 Å². The molecule has 1 amide bonds. The van der Waals surface area contributed by atoms with E-state index in [4.69, 9.17) is 0 Å². The van der Waals surface area contributed by atoms with Gasteiger partial charge in [0.1, 0.15) is 0 Å². The number of nitrogens with one attached hydrogen (secondary N) is 1. The molecule has 0 aromatic heterocycles. The number of rotatable bonds is 6. The molecule has 1 aromatic carbocycles. The second-order valence-electron chi connectivity index (χ2n) is 7.10. The zero-order valence-corrected chi connectivity index (χ0v) is 14.7. The van der Waals surface area contributed by atoms with Crippen molar-refractivity contribution < 1.29 is 4.79 Å². The minimum absolute atomic E-state index is 0.0764. The van der Waals surface area contributed by atoms with E-state index in [9.17, 15) is 4.79 Å². The maximum Gasteiger partial charge on any atom is 0.221 e. The van der Waals surface area contributed by atoms with Gasteiger partial charge in [-0.3, -0.25) is 9.69 Å². The van der Waals surface area contributed by atoms with Gasteiger partial charge in [0.15, 0.2) is 0 Å². The lowest BCUT2D eigenvalue weighted by Gasteiger charge is -2.35. The number of nitrogens with zero attached hydrogens (tertiary/aromatic N) is 2. The first-order valence-corrected chi connectivity index (χ1v) is 9.12. The van der Waals surface area contributed by atoms with Crippen LogP contribution in [0.5, 0.6) is 0 Å². The van der Waals surface area contributed by atoms with E-state index < -0.39 is 0 Å². The van der Waals surface area contributed by atoms with E-state index in [2.05, 4.69) is 58.6 Å². The van der Waals surface area contributed by atoms with E-state index in [1.54, 1.807) is 0 Å². The van der Waals surface area contributed by atoms with Crippen molar-refractivity contribution in [1.82, 2.24) is 15.1 Å². The predicted octanol–water partition coefficient (Wildman–Crippen LogP) is 2.45. The van der Waals surface area contributed by atoms with Crippen LogP contribution in [0.15, 0.2) is 42.5 Å². The van der Waals surface area contributed by atoms with Crippen molar-refractivity contribution in [3.05, 3.63) is 48.0 Å². The number of hydrogen-bond donors (Lipinski definition) is 1. The fourth-order valence-electron chi connectivity index (χ4n) is 3.57. The largest absolute Gasteiger partial charge is 0.348 e. The summed E-state index contributed by atoms with van der Waals surface area (Å²) in [5, 5.41) is 3.29. The molecule has 1 fully saturated rings. The highest BCUT2D eigenvalue weighted by Crippen LogP contribution is 2.21. The van der Waals surface area contributed by atoms with Gasteiger partial charge in [0.2, 0.25) is 5.91 Å². The molecule has 1 aliphatic heterocycles. The van der Waals surface area contributed by atoms with Crippen molar-refractivity contribution >= 4 is 5.91 Å². The molecule has 0 saturated carbocycles. The molecule has 1 saturated heterocycles. The zero-order chi connectivity index (χ0) is 16.8. The standard InChI is InChI=1S/C20H29N3O/c1-22-11-13-23(14-12-22)16-19(18-9-3-2-4-10-18)21-20(24)15-17-7-5-6-8-17/h2-5,7,9-10,17,19H,6,8,11-16H2,1H3,(H,21,24)/t17-,19+/m0/s1. The fraction of sp³-hybridized carbons (Fsp3) is 0.550. The van der Waals surface area contributed by atoms with Gasteiger partial charge in [-0.1, -0.05) is 42.5 Å². The SMILES string of the molecule is CN1CCN(C[C@@H](NC(=O)C[C@H]2C=CCC2)c2ccccc2)CC1. The third kappa shape index (κ3) is 4.92. The van der Waals surface area contributed by atoms with E-state index in [1.807, 2.05) is 6.07 Å². The van der Waals surface area contributed by atoms with Crippen molar-refractivity contribution in [2.75, 3.05) is 39.8 Å². The van der Waals surface area contributed by atoms with Crippen LogP contribution in [0.3, 0.4) is 0 Å². The van der Waals surface area contributed by atoms with Crippen LogP contribution in [0, 0.1) is 5.92 Å². The molecule has 2 aliphatic rings. The van der Waals surface area contributed by atoms with Crippen LogP contribution in [-0.4, -0.2) is 55.5 Å². The van der Waals surface area contributed by atoms with Gasteiger partial charge in [-0.2, -0.15) is 0 Å². The summed E-state index contributed by atoms with van der Waals surface area (Å²) >= 11 is 0. The molecule has 0 bridgehead atoms. The quantitative estimate of drug-likeness (QED) is 0.815. The van der Waals surface area contributed by atoms with Crippen LogP contribution in [0.1, 0.15) is 30.9 Å². The van der Waals surface area contributed by atoms with Crippen LogP contribution >= 0.6 is 0 Å². The summed E-state index contributed by atoms with van der Waals surface area (Å²) in [5.41, 5.74) is 1.20. The summed E-state index contributed by atoms with van der Waals surface area (Å²) < 4.78 is 0. The molecule has 0 spiro atoms. The number of piperazine rings is 1. The second-order valence-corrected chi connectivity index (χ2v) is 7.10. The first kappa shape index (κ1) is 17.2. The van der Waals surface area contributed by atoms with Gasteiger partial charge in [-0.15, -0.1) is 0 Å². The van der Waals surface area contributed by atoms with Crippen LogP contribution in [0.2, 0.25) is 0 Å². The van der Waals surface area contributed by atoms with Crippen molar-refractivity contribution in [3.63, 3.8) is 0 Å². The Kier molecular flexibility index (Phi) is 6.05. The Morgan fingerprint density at radius 3 is 2.62 bits per heavy atom. The normalized spacial score (nSPS) is 23.3. The summed E-state index contributed by atoms with van der Waals surface area (Å²) in [5.74, 6) is 0.597. The smallest absolute Gasteiger partial charge is 0.221 e. The average Bonchev–Trinajstić information content (AvgIpc) is 3.10. The number of hydrogen-bond acceptors (Lipinski definition) is 3. The Bertz CT molecular complexity index is 549. The number of likely N-dealkylation sites (N-methyl/N-ethyl adjacent to an activating group) is 1. The molecule has 1 aromatic rings. The highest BCUT2D eigenvalue weighted by Gasteiger charge is 2.22. The number of carbonyl (C=O) groups is 1. The van der Waals surface area contributed by atoms with Gasteiger partial charge in [0, 0.05) is 39.1 Å². The van der Waals surface area contributed by atoms with Gasteiger partial charge in [-0.05, 0) is 31.4 Å². The van der Waals surface area contributed by atoms with Crippen LogP contribution in [0.25, 0.3) is 0 Å². The molecule has 1 heterocycles. The van der Waals surface area contributed by atoms with E-state index in [0.29, 0.717) is 12.3 Å². The van der Waals surface area contributed by atoms with Crippen molar-refractivity contribution in [2.45, 2.75) is 25.3 Å². The Hall–Kier alpha value is -1.65. The van der Waals surface area contributed by atoms with Crippen molar-refractivity contribution in [3.8, 4) is 0 Å². The molecule has 1 N–H and O–H groups in total. The number of amides is 1. The highest BCUT2D eigenvalue weighted by atomic mass is 16.1. The molecule has 4 heteroatoms. The topological polar surface area (TPSA) is 35.6 Å². The summed E-state index contributed by atoms with van der Waals surface area (Å²) in [6, 6.07) is 10.5. The summed E-state index contributed by atoms with van der Waals surface area (Å²) in [7, 11) is 2.17. The molecule has 1 aliphatic carbocycles. The lowest BCUT2D eigenvalue weighted by Crippen LogP contribution is -2.47. The Balaban J connectivity index is 1.61. The second kappa shape index (κ2) is 8.45. The van der Waals surface area contributed by atoms with Gasteiger partial charge in [0.05, 0.1) is 6.04 Å². The Morgan fingerprint density at radius 2 is 1.96 bits per heavy atom. The molecule has 0 unspecified atom stereocenters. The summed E-state index contributed by atoms with van der Waals surface area (Å²) in [6.45, 7) is 5.23. The lowest BCUT2D eigenvalue weighted by molar-refractivity contribution is -0.122. The molecule has 2 atom stereocenters. The van der Waals surface area contributed by atoms with Crippen LogP contribution in [-0.2, 0) is 4.79 Å². The van der Waals surface area contributed by atoms with Crippen LogP contribution < -0.4 is 5.32 Å². The van der Waals surface area contributed by atoms with Crippen molar-refractivity contribution in [2.24, 2.45) is 5.92 Å². The van der Waals surface area contributed by atoms with Gasteiger partial charge in [0.25, 0.3) is 0 Å². The third-order valence-corrected chi connectivity index (χ3v) is 5.13. The first-order chi connectivity index (χ1) is 11.7. The molecule has 3 rings (SSSR count). The van der Waals surface area contributed by atoms with Gasteiger partial charge in [-0.25, -0.2) is 0 Å². The molecule has 0 radical (unpaired) electrons. The number of carbonyl (C=O) groups excluding carboxylic acids is 1. The molecular formula is C20H29N3O. The first-order valence-electron chi connectivity index (χ1n) is 9.12. The van der Waals surface area contributed by atoms with E-state index >= 15 is 0 Å². The zero-order valence-electron chi connectivity index (χ0n) is 14.7. The Morgan fingerprint density at radius 1 is 1.21 bits per heavy atom. The maximum atomic E-state index is 12.5. The summed E-state index contributed by atoms with van der Waals surface area (Å²) in [6.07, 6.45) is 7.22. The predicted molar refractivity (Wildman–Crippen MR) is 97.7 cm³/mol. The Labute approximate surface area is 145 Å². The number of allylic oxidation sites excluding steroid dienone is 2. The van der Waals surface area contributed by atoms with Crippen LogP contribution in [0.4, 0.5) is 0 Å². The minimum atomic E-state index is 0.0764. The van der Waals surface area contributed by atoms with Gasteiger partial charge < -0.3 is 10.2 Å². The molecule has 24 heavy (non-hydrogen) atoms. The highest BCUT2D eigenvalue weighted by molar-refractivity contribution is 5.77. The van der Waals surface area contributed by atoms with Crippen molar-refractivity contribution in [1.29, 1.82) is 0 Å². The minimum Gasteiger partial charge on any atom is -0.348 e. The maximum absolute atomic E-state index is 12.5. The average molecular weight is 327 g/mol. The molecule has 4 nitrogen and oxygen atoms in total. The molecular weight excluding hydrogens is 298 g/mol. The monoisotopic (exact) mass is 327 g/mol. The van der Waals surface area contributed by atoms with E-state index in [1.165, 1.54) is 5.56 Å². The third-order valence-electron chi connectivity index (χ3n) is 5.13.